The highest BCUT2D eigenvalue weighted by Gasteiger charge is 2.29. The number of hydrogen-bond donors (Lipinski definition) is 1. The second kappa shape index (κ2) is 5.69. The lowest BCUT2D eigenvalue weighted by molar-refractivity contribution is -0.137. The van der Waals surface area contributed by atoms with E-state index in [-0.39, 0.29) is 6.04 Å². The van der Waals surface area contributed by atoms with Gasteiger partial charge in [0.15, 0.2) is 0 Å². The van der Waals surface area contributed by atoms with Crippen LogP contribution in [0.15, 0.2) is 24.3 Å². The zero-order valence-corrected chi connectivity index (χ0v) is 9.38. The number of rotatable bonds is 4. The van der Waals surface area contributed by atoms with Crippen molar-refractivity contribution in [1.29, 1.82) is 5.26 Å². The minimum atomic E-state index is -4.29. The van der Waals surface area contributed by atoms with Crippen LogP contribution >= 0.6 is 0 Å². The Morgan fingerprint density at radius 2 is 1.88 bits per heavy atom. The molecule has 0 spiro atoms. The van der Waals surface area contributed by atoms with Crippen LogP contribution in [0.4, 0.5) is 13.2 Å². The van der Waals surface area contributed by atoms with Crippen LogP contribution in [0.1, 0.15) is 24.5 Å². The molecule has 1 rings (SSSR count). The van der Waals surface area contributed by atoms with Gasteiger partial charge in [-0.15, -0.1) is 0 Å². The highest BCUT2D eigenvalue weighted by Crippen LogP contribution is 2.28. The van der Waals surface area contributed by atoms with Crippen LogP contribution in [0.2, 0.25) is 0 Å². The first-order valence-electron chi connectivity index (χ1n) is 5.20. The first-order chi connectivity index (χ1) is 7.93. The van der Waals surface area contributed by atoms with E-state index in [1.807, 2.05) is 13.0 Å². The van der Waals surface area contributed by atoms with E-state index in [0.717, 1.165) is 17.7 Å². The summed E-state index contributed by atoms with van der Waals surface area (Å²) in [6.07, 6.45) is -3.92. The number of nitriles is 1. The molecule has 1 aromatic carbocycles. The molecule has 2 nitrogen and oxygen atoms in total. The van der Waals surface area contributed by atoms with Gasteiger partial charge < -0.3 is 5.32 Å². The maximum absolute atomic E-state index is 12.3. The molecule has 92 valence electrons. The molecule has 0 aliphatic carbocycles. The molecule has 17 heavy (non-hydrogen) atoms. The molecule has 0 saturated heterocycles. The summed E-state index contributed by atoms with van der Waals surface area (Å²) < 4.78 is 36.8. The van der Waals surface area contributed by atoms with Gasteiger partial charge in [0.1, 0.15) is 0 Å². The molecule has 1 N–H and O–H groups in total. The number of alkyl halides is 3. The lowest BCUT2D eigenvalue weighted by atomic mass is 10.1. The molecule has 0 aromatic heterocycles. The van der Waals surface area contributed by atoms with Gasteiger partial charge in [-0.3, -0.25) is 0 Å². The zero-order chi connectivity index (χ0) is 12.9. The highest BCUT2D eigenvalue weighted by molar-refractivity contribution is 5.24. The average Bonchev–Trinajstić information content (AvgIpc) is 2.26. The van der Waals surface area contributed by atoms with Crippen LogP contribution in [-0.2, 0) is 12.7 Å². The third-order valence-electron chi connectivity index (χ3n) is 2.33. The fraction of sp³-hybridized carbons (Fsp3) is 0.417. The van der Waals surface area contributed by atoms with Gasteiger partial charge in [0.05, 0.1) is 18.1 Å². The molecule has 0 heterocycles. The first-order valence-corrected chi connectivity index (χ1v) is 5.20. The second-order valence-electron chi connectivity index (χ2n) is 3.84. The minimum Gasteiger partial charge on any atom is -0.309 e. The van der Waals surface area contributed by atoms with Gasteiger partial charge >= 0.3 is 6.18 Å². The Morgan fingerprint density at radius 3 is 2.35 bits per heavy atom. The fourth-order valence-electron chi connectivity index (χ4n) is 1.31. The van der Waals surface area contributed by atoms with Crippen molar-refractivity contribution in [2.24, 2.45) is 0 Å². The van der Waals surface area contributed by atoms with E-state index >= 15 is 0 Å². The molecule has 0 aliphatic rings. The van der Waals surface area contributed by atoms with Crippen molar-refractivity contribution in [3.05, 3.63) is 35.4 Å². The second-order valence-corrected chi connectivity index (χ2v) is 3.84. The SMILES string of the molecule is CC(CC#N)NCc1ccc(C(F)(F)F)cc1. The molecule has 0 amide bonds. The van der Waals surface area contributed by atoms with Gasteiger partial charge in [0, 0.05) is 12.6 Å². The predicted molar refractivity (Wildman–Crippen MR) is 58.0 cm³/mol. The minimum absolute atomic E-state index is 0.0299. The van der Waals surface area contributed by atoms with Gasteiger partial charge in [-0.05, 0) is 24.6 Å². The number of nitrogens with zero attached hydrogens (tertiary/aromatic N) is 1. The van der Waals surface area contributed by atoms with E-state index < -0.39 is 11.7 Å². The van der Waals surface area contributed by atoms with E-state index in [1.54, 1.807) is 0 Å². The molecule has 1 aromatic rings. The molecule has 0 aliphatic heterocycles. The topological polar surface area (TPSA) is 35.8 Å². The van der Waals surface area contributed by atoms with Gasteiger partial charge in [0.25, 0.3) is 0 Å². The summed E-state index contributed by atoms with van der Waals surface area (Å²) >= 11 is 0. The Balaban J connectivity index is 2.55. The van der Waals surface area contributed by atoms with Gasteiger partial charge in [0.2, 0.25) is 0 Å². The zero-order valence-electron chi connectivity index (χ0n) is 9.38. The molecule has 0 saturated carbocycles. The standard InChI is InChI=1S/C12H13F3N2/c1-9(6-7-16)17-8-10-2-4-11(5-3-10)12(13,14)15/h2-5,9,17H,6,8H2,1H3. The maximum atomic E-state index is 12.3. The van der Waals surface area contributed by atoms with Crippen LogP contribution in [0.5, 0.6) is 0 Å². The Kier molecular flexibility index (Phi) is 4.53. The number of halogens is 3. The lowest BCUT2D eigenvalue weighted by Crippen LogP contribution is -2.24. The maximum Gasteiger partial charge on any atom is 0.416 e. The summed E-state index contributed by atoms with van der Waals surface area (Å²) in [6.45, 7) is 2.31. The van der Waals surface area contributed by atoms with Crippen molar-refractivity contribution in [3.63, 3.8) is 0 Å². The smallest absolute Gasteiger partial charge is 0.309 e. The van der Waals surface area contributed by atoms with Gasteiger partial charge in [-0.25, -0.2) is 0 Å². The van der Waals surface area contributed by atoms with Crippen LogP contribution in [-0.4, -0.2) is 6.04 Å². The van der Waals surface area contributed by atoms with E-state index in [1.165, 1.54) is 12.1 Å². The Morgan fingerprint density at radius 1 is 1.29 bits per heavy atom. The van der Waals surface area contributed by atoms with Crippen LogP contribution in [0.3, 0.4) is 0 Å². The fourth-order valence-corrected chi connectivity index (χ4v) is 1.31. The quantitative estimate of drug-likeness (QED) is 0.880. The van der Waals surface area contributed by atoms with Crippen molar-refractivity contribution < 1.29 is 13.2 Å². The number of nitrogens with one attached hydrogen (secondary N) is 1. The van der Waals surface area contributed by atoms with Gasteiger partial charge in [-0.2, -0.15) is 18.4 Å². The van der Waals surface area contributed by atoms with E-state index in [2.05, 4.69) is 5.32 Å². The summed E-state index contributed by atoms with van der Waals surface area (Å²) in [4.78, 5) is 0. The molecule has 1 atom stereocenters. The largest absolute Gasteiger partial charge is 0.416 e. The first kappa shape index (κ1) is 13.5. The highest BCUT2D eigenvalue weighted by atomic mass is 19.4. The van der Waals surface area contributed by atoms with Crippen LogP contribution in [0.25, 0.3) is 0 Å². The van der Waals surface area contributed by atoms with E-state index in [0.29, 0.717) is 13.0 Å². The van der Waals surface area contributed by atoms with Gasteiger partial charge in [-0.1, -0.05) is 12.1 Å². The molecule has 0 radical (unpaired) electrons. The monoisotopic (exact) mass is 242 g/mol. The molecule has 0 fully saturated rings. The van der Waals surface area contributed by atoms with E-state index in [9.17, 15) is 13.2 Å². The van der Waals surface area contributed by atoms with Crippen LogP contribution in [0, 0.1) is 11.3 Å². The van der Waals surface area contributed by atoms with Crippen molar-refractivity contribution in [3.8, 4) is 6.07 Å². The molecular weight excluding hydrogens is 229 g/mol. The summed E-state index contributed by atoms with van der Waals surface area (Å²) in [6, 6.07) is 7.05. The van der Waals surface area contributed by atoms with Crippen molar-refractivity contribution in [2.75, 3.05) is 0 Å². The summed E-state index contributed by atoms with van der Waals surface area (Å²) in [7, 11) is 0. The molecule has 5 heteroatoms. The number of benzene rings is 1. The molecule has 0 bridgehead atoms. The third-order valence-corrected chi connectivity index (χ3v) is 2.33. The van der Waals surface area contributed by atoms with E-state index in [4.69, 9.17) is 5.26 Å². The van der Waals surface area contributed by atoms with Crippen LogP contribution < -0.4 is 5.32 Å². The predicted octanol–water partition coefficient (Wildman–Crippen LogP) is 3.10. The molecular formula is C12H13F3N2. The lowest BCUT2D eigenvalue weighted by Gasteiger charge is -2.11. The number of hydrogen-bond acceptors (Lipinski definition) is 2. The summed E-state index contributed by atoms with van der Waals surface area (Å²) in [5, 5.41) is 11.5. The Hall–Kier alpha value is -1.54. The summed E-state index contributed by atoms with van der Waals surface area (Å²) in [5.74, 6) is 0. The van der Waals surface area contributed by atoms with Crippen molar-refractivity contribution >= 4 is 0 Å². The third kappa shape index (κ3) is 4.45. The normalized spacial score (nSPS) is 13.1. The Bertz CT molecular complexity index is 390. The summed E-state index contributed by atoms with van der Waals surface area (Å²) in [5.41, 5.74) is 0.120. The average molecular weight is 242 g/mol. The van der Waals surface area contributed by atoms with Crippen molar-refractivity contribution in [2.45, 2.75) is 32.1 Å². The van der Waals surface area contributed by atoms with Crippen molar-refractivity contribution in [1.82, 2.24) is 5.32 Å². The molecule has 1 unspecified atom stereocenters. The Labute approximate surface area is 98.1 Å².